The molecular formula is C30H31N3O5. The lowest BCUT2D eigenvalue weighted by Crippen LogP contribution is -2.35. The van der Waals surface area contributed by atoms with Gasteiger partial charge in [0.05, 0.1) is 21.3 Å². The number of methoxy groups -OCH3 is 3. The first-order valence-electron chi connectivity index (χ1n) is 12.1. The largest absolute Gasteiger partial charge is 0.493 e. The molecule has 3 aromatic carbocycles. The summed E-state index contributed by atoms with van der Waals surface area (Å²) in [4.78, 5) is 27.6. The Morgan fingerprint density at radius 1 is 0.684 bits per heavy atom. The maximum atomic E-state index is 13.8. The zero-order valence-corrected chi connectivity index (χ0v) is 22.0. The molecule has 0 spiro atoms. The van der Waals surface area contributed by atoms with Gasteiger partial charge >= 0.3 is 0 Å². The summed E-state index contributed by atoms with van der Waals surface area (Å²) in [5.74, 6) is -0.158. The molecule has 8 heteroatoms. The van der Waals surface area contributed by atoms with Crippen molar-refractivity contribution in [3.63, 3.8) is 0 Å². The van der Waals surface area contributed by atoms with Gasteiger partial charge in [-0.1, -0.05) is 36.4 Å². The van der Waals surface area contributed by atoms with Crippen LogP contribution in [0.3, 0.4) is 0 Å². The lowest BCUT2D eigenvalue weighted by Gasteiger charge is -2.32. The molecule has 3 aromatic rings. The molecule has 0 aliphatic carbocycles. The molecule has 2 amide bonds. The van der Waals surface area contributed by atoms with Gasteiger partial charge in [-0.2, -0.15) is 0 Å². The van der Waals surface area contributed by atoms with Gasteiger partial charge in [-0.3, -0.25) is 9.59 Å². The number of nitrogens with one attached hydrogen (secondary N) is 3. The Morgan fingerprint density at radius 3 is 1.47 bits per heavy atom. The van der Waals surface area contributed by atoms with Crippen LogP contribution in [-0.2, 0) is 9.59 Å². The number of carbonyl (C=O) groups excluding carboxylic acids is 2. The predicted octanol–water partition coefficient (Wildman–Crippen LogP) is 5.22. The lowest BCUT2D eigenvalue weighted by atomic mass is 9.79. The number of anilines is 2. The van der Waals surface area contributed by atoms with Crippen LogP contribution in [0, 0.1) is 0 Å². The van der Waals surface area contributed by atoms with E-state index in [1.54, 1.807) is 12.1 Å². The summed E-state index contributed by atoms with van der Waals surface area (Å²) in [6.45, 7) is 3.64. The highest BCUT2D eigenvalue weighted by Gasteiger charge is 2.37. The van der Waals surface area contributed by atoms with Gasteiger partial charge in [0.2, 0.25) is 5.75 Å². The van der Waals surface area contributed by atoms with Crippen LogP contribution in [0.5, 0.6) is 17.2 Å². The van der Waals surface area contributed by atoms with Crippen molar-refractivity contribution < 1.29 is 23.8 Å². The van der Waals surface area contributed by atoms with Crippen molar-refractivity contribution in [1.82, 2.24) is 5.32 Å². The third kappa shape index (κ3) is 5.34. The van der Waals surface area contributed by atoms with E-state index in [1.165, 1.54) is 21.3 Å². The van der Waals surface area contributed by atoms with Crippen LogP contribution in [0.1, 0.15) is 25.3 Å². The van der Waals surface area contributed by atoms with Crippen molar-refractivity contribution in [2.24, 2.45) is 0 Å². The predicted molar refractivity (Wildman–Crippen MR) is 148 cm³/mol. The number of benzene rings is 3. The van der Waals surface area contributed by atoms with Gasteiger partial charge in [0.1, 0.15) is 0 Å². The maximum absolute atomic E-state index is 13.8. The average Bonchev–Trinajstić information content (AvgIpc) is 2.92. The molecule has 3 N–H and O–H groups in total. The Labute approximate surface area is 222 Å². The first-order chi connectivity index (χ1) is 18.4. The molecule has 0 aromatic heterocycles. The third-order valence-electron chi connectivity index (χ3n) is 6.33. The highest BCUT2D eigenvalue weighted by molar-refractivity contribution is 6.12. The second-order valence-corrected chi connectivity index (χ2v) is 8.73. The topological polar surface area (TPSA) is 97.9 Å². The minimum Gasteiger partial charge on any atom is -0.493 e. The average molecular weight is 514 g/mol. The fourth-order valence-corrected chi connectivity index (χ4v) is 4.64. The van der Waals surface area contributed by atoms with Crippen molar-refractivity contribution in [2.75, 3.05) is 32.0 Å². The van der Waals surface area contributed by atoms with E-state index in [2.05, 4.69) is 16.0 Å². The van der Waals surface area contributed by atoms with Gasteiger partial charge in [0.25, 0.3) is 11.8 Å². The zero-order valence-electron chi connectivity index (χ0n) is 22.0. The van der Waals surface area contributed by atoms with Gasteiger partial charge in [-0.05, 0) is 55.8 Å². The molecule has 196 valence electrons. The molecule has 1 heterocycles. The van der Waals surface area contributed by atoms with Crippen molar-refractivity contribution in [3.8, 4) is 17.2 Å². The minimum absolute atomic E-state index is 0.336. The summed E-state index contributed by atoms with van der Waals surface area (Å²) in [5.41, 5.74) is 3.97. The Morgan fingerprint density at radius 2 is 1.11 bits per heavy atom. The monoisotopic (exact) mass is 513 g/mol. The van der Waals surface area contributed by atoms with E-state index in [9.17, 15) is 9.59 Å². The van der Waals surface area contributed by atoms with E-state index in [1.807, 2.05) is 74.5 Å². The molecule has 0 fully saturated rings. The molecule has 1 aliphatic heterocycles. The summed E-state index contributed by atoms with van der Waals surface area (Å²) in [5, 5.41) is 9.18. The van der Waals surface area contributed by atoms with Gasteiger partial charge in [0, 0.05) is 39.8 Å². The van der Waals surface area contributed by atoms with Crippen LogP contribution >= 0.6 is 0 Å². The fourth-order valence-electron chi connectivity index (χ4n) is 4.64. The molecule has 0 unspecified atom stereocenters. The first kappa shape index (κ1) is 26.3. The van der Waals surface area contributed by atoms with Crippen LogP contribution in [-0.4, -0.2) is 33.1 Å². The van der Waals surface area contributed by atoms with Crippen LogP contribution in [0.25, 0.3) is 0 Å². The number of carbonyl (C=O) groups is 2. The Hall–Kier alpha value is -4.72. The van der Waals surface area contributed by atoms with Crippen molar-refractivity contribution in [3.05, 3.63) is 101 Å². The molecular weight excluding hydrogens is 482 g/mol. The number of dihydropyridines is 1. The smallest absolute Gasteiger partial charge is 0.254 e. The summed E-state index contributed by atoms with van der Waals surface area (Å²) in [6.07, 6.45) is 0. The summed E-state index contributed by atoms with van der Waals surface area (Å²) < 4.78 is 16.7. The Bertz CT molecular complexity index is 1300. The van der Waals surface area contributed by atoms with E-state index in [0.29, 0.717) is 56.7 Å². The van der Waals surface area contributed by atoms with Crippen LogP contribution in [0.15, 0.2) is 95.3 Å². The summed E-state index contributed by atoms with van der Waals surface area (Å²) in [6, 6.07) is 21.9. The van der Waals surface area contributed by atoms with Crippen molar-refractivity contribution in [2.45, 2.75) is 19.8 Å². The molecule has 0 radical (unpaired) electrons. The maximum Gasteiger partial charge on any atom is 0.254 e. The highest BCUT2D eigenvalue weighted by atomic mass is 16.5. The van der Waals surface area contributed by atoms with Crippen LogP contribution in [0.4, 0.5) is 11.4 Å². The number of ether oxygens (including phenoxy) is 3. The van der Waals surface area contributed by atoms with Crippen molar-refractivity contribution in [1.29, 1.82) is 0 Å². The van der Waals surface area contributed by atoms with E-state index >= 15 is 0 Å². The highest BCUT2D eigenvalue weighted by Crippen LogP contribution is 2.45. The molecule has 4 rings (SSSR count). The van der Waals surface area contributed by atoms with Crippen molar-refractivity contribution >= 4 is 23.2 Å². The van der Waals surface area contributed by atoms with Crippen LogP contribution < -0.4 is 30.2 Å². The first-order valence-corrected chi connectivity index (χ1v) is 12.1. The second kappa shape index (κ2) is 11.6. The van der Waals surface area contributed by atoms with E-state index in [0.717, 1.165) is 0 Å². The number of rotatable bonds is 8. The SMILES string of the molecule is COc1cc(C2C(C(=O)Nc3ccccc3)=C(C)NC(C)=C2C(=O)Nc2ccccc2)cc(OC)c1OC. The summed E-state index contributed by atoms with van der Waals surface area (Å²) in [7, 11) is 4.57. The van der Waals surface area contributed by atoms with Gasteiger partial charge in [0.15, 0.2) is 11.5 Å². The quantitative estimate of drug-likeness (QED) is 0.382. The second-order valence-electron chi connectivity index (χ2n) is 8.73. The van der Waals surface area contributed by atoms with Crippen LogP contribution in [0.2, 0.25) is 0 Å². The number of amides is 2. The van der Waals surface area contributed by atoms with Gasteiger partial charge in [-0.15, -0.1) is 0 Å². The third-order valence-corrected chi connectivity index (χ3v) is 6.33. The summed E-state index contributed by atoms with van der Waals surface area (Å²) >= 11 is 0. The Balaban J connectivity index is 1.87. The zero-order chi connectivity index (χ0) is 27.2. The van der Waals surface area contributed by atoms with E-state index in [4.69, 9.17) is 14.2 Å². The molecule has 38 heavy (non-hydrogen) atoms. The molecule has 0 saturated heterocycles. The van der Waals surface area contributed by atoms with Gasteiger partial charge in [-0.25, -0.2) is 0 Å². The van der Waals surface area contributed by atoms with E-state index in [-0.39, 0.29) is 11.8 Å². The number of allylic oxidation sites excluding steroid dienone is 2. The molecule has 1 aliphatic rings. The lowest BCUT2D eigenvalue weighted by molar-refractivity contribution is -0.113. The number of para-hydroxylation sites is 2. The normalized spacial score (nSPS) is 13.5. The molecule has 0 bridgehead atoms. The molecule has 0 saturated carbocycles. The molecule has 8 nitrogen and oxygen atoms in total. The fraction of sp³-hybridized carbons (Fsp3) is 0.200. The molecule has 0 atom stereocenters. The Kier molecular flexibility index (Phi) is 8.01. The van der Waals surface area contributed by atoms with Gasteiger partial charge < -0.3 is 30.2 Å². The number of hydrogen-bond acceptors (Lipinski definition) is 6. The van der Waals surface area contributed by atoms with E-state index < -0.39 is 5.92 Å². The number of hydrogen-bond donors (Lipinski definition) is 3. The standard InChI is InChI=1S/C30H31N3O5/c1-18-25(29(34)32-21-12-8-6-9-13-21)27(20-16-23(36-3)28(38-5)24(17-20)37-4)26(19(2)31-18)30(35)33-22-14-10-7-11-15-22/h6-17,27,31H,1-5H3,(H,32,34)(H,33,35). The minimum atomic E-state index is -0.739.